The number of nitrogens with zero attached hydrogens (tertiary/aromatic N) is 2. The molecule has 106 valence electrons. The average molecular weight is 271 g/mol. The number of furan rings is 1. The van der Waals surface area contributed by atoms with E-state index in [9.17, 15) is 0 Å². The molecule has 2 aromatic rings. The number of hydrogen-bond acceptors (Lipinski definition) is 4. The Labute approximate surface area is 119 Å². The van der Waals surface area contributed by atoms with Crippen molar-refractivity contribution in [2.75, 3.05) is 13.6 Å². The second-order valence-electron chi connectivity index (χ2n) is 5.66. The largest absolute Gasteiger partial charge is 0.461 e. The third-order valence-electron chi connectivity index (χ3n) is 4.14. The lowest BCUT2D eigenvalue weighted by atomic mass is 9.85. The minimum absolute atomic E-state index is 0.700. The predicted molar refractivity (Wildman–Crippen MR) is 78.6 cm³/mol. The number of rotatable bonds is 3. The van der Waals surface area contributed by atoms with E-state index in [-0.39, 0.29) is 0 Å². The summed E-state index contributed by atoms with van der Waals surface area (Å²) >= 11 is 0. The van der Waals surface area contributed by atoms with Crippen LogP contribution in [-0.4, -0.2) is 23.6 Å². The molecule has 3 rings (SSSR count). The highest BCUT2D eigenvalue weighted by Gasteiger charge is 2.23. The molecule has 0 aromatic carbocycles. The molecule has 2 aromatic heterocycles. The van der Waals surface area contributed by atoms with Crippen molar-refractivity contribution in [3.8, 4) is 11.6 Å². The molecule has 1 atom stereocenters. The van der Waals surface area contributed by atoms with Crippen LogP contribution in [0.1, 0.15) is 28.9 Å². The molecule has 1 aliphatic rings. The molecule has 20 heavy (non-hydrogen) atoms. The summed E-state index contributed by atoms with van der Waals surface area (Å²) in [6.45, 7) is 5.18. The summed E-state index contributed by atoms with van der Waals surface area (Å²) in [7, 11) is 2.02. The van der Waals surface area contributed by atoms with Crippen molar-refractivity contribution >= 4 is 0 Å². The first-order valence-corrected chi connectivity index (χ1v) is 7.24. The van der Waals surface area contributed by atoms with Crippen molar-refractivity contribution in [1.29, 1.82) is 0 Å². The molecule has 0 aliphatic heterocycles. The van der Waals surface area contributed by atoms with Gasteiger partial charge in [0, 0.05) is 11.4 Å². The second kappa shape index (κ2) is 5.37. The number of nitrogens with one attached hydrogen (secondary N) is 1. The fourth-order valence-electron chi connectivity index (χ4n) is 3.03. The Morgan fingerprint density at radius 1 is 1.35 bits per heavy atom. The maximum Gasteiger partial charge on any atom is 0.196 e. The molecule has 1 aliphatic carbocycles. The fourth-order valence-corrected chi connectivity index (χ4v) is 3.03. The van der Waals surface area contributed by atoms with Crippen molar-refractivity contribution in [2.45, 2.75) is 33.1 Å². The van der Waals surface area contributed by atoms with E-state index in [4.69, 9.17) is 9.40 Å². The van der Waals surface area contributed by atoms with Crippen LogP contribution in [0.25, 0.3) is 11.6 Å². The molecular formula is C16H21N3O. The van der Waals surface area contributed by atoms with Crippen LogP contribution in [0.2, 0.25) is 0 Å². The molecule has 0 saturated carbocycles. The summed E-state index contributed by atoms with van der Waals surface area (Å²) in [4.78, 5) is 9.41. The highest BCUT2D eigenvalue weighted by atomic mass is 16.3. The van der Waals surface area contributed by atoms with Gasteiger partial charge in [-0.1, -0.05) is 0 Å². The van der Waals surface area contributed by atoms with Gasteiger partial charge in [-0.15, -0.1) is 0 Å². The van der Waals surface area contributed by atoms with Gasteiger partial charge in [-0.05, 0) is 69.8 Å². The molecular weight excluding hydrogens is 250 g/mol. The Hall–Kier alpha value is -1.68. The van der Waals surface area contributed by atoms with Gasteiger partial charge in [0.1, 0.15) is 0 Å². The van der Waals surface area contributed by atoms with Crippen LogP contribution in [0.5, 0.6) is 0 Å². The van der Waals surface area contributed by atoms with Gasteiger partial charge < -0.3 is 9.73 Å². The van der Waals surface area contributed by atoms with Gasteiger partial charge in [-0.3, -0.25) is 0 Å². The maximum absolute atomic E-state index is 5.52. The standard InChI is InChI=1S/C16H21N3O/c1-10-6-7-20-15(10)16-18-11(2)13-8-12(9-17-3)4-5-14(13)19-16/h6-7,12,17H,4-5,8-9H2,1-3H3. The van der Waals surface area contributed by atoms with Crippen molar-refractivity contribution < 1.29 is 4.42 Å². The van der Waals surface area contributed by atoms with E-state index in [1.165, 1.54) is 17.7 Å². The lowest BCUT2D eigenvalue weighted by molar-refractivity contribution is 0.432. The maximum atomic E-state index is 5.52. The Balaban J connectivity index is 1.96. The van der Waals surface area contributed by atoms with E-state index in [0.717, 1.165) is 42.2 Å². The fraction of sp³-hybridized carbons (Fsp3) is 0.500. The Bertz CT molecular complexity index is 618. The number of hydrogen-bond donors (Lipinski definition) is 1. The highest BCUT2D eigenvalue weighted by molar-refractivity contribution is 5.53. The molecule has 4 heteroatoms. The van der Waals surface area contributed by atoms with Gasteiger partial charge >= 0.3 is 0 Å². The minimum Gasteiger partial charge on any atom is -0.461 e. The number of aromatic nitrogens is 2. The molecule has 4 nitrogen and oxygen atoms in total. The summed E-state index contributed by atoms with van der Waals surface area (Å²) < 4.78 is 5.52. The molecule has 0 spiro atoms. The van der Waals surface area contributed by atoms with Gasteiger partial charge in [0.15, 0.2) is 11.6 Å². The van der Waals surface area contributed by atoms with Crippen LogP contribution in [0.4, 0.5) is 0 Å². The first-order valence-electron chi connectivity index (χ1n) is 7.24. The first-order chi connectivity index (χ1) is 9.69. The van der Waals surface area contributed by atoms with E-state index in [1.54, 1.807) is 6.26 Å². The topological polar surface area (TPSA) is 51.0 Å². The van der Waals surface area contributed by atoms with E-state index in [1.807, 2.05) is 20.0 Å². The molecule has 0 fully saturated rings. The number of fused-ring (bicyclic) bond motifs is 1. The van der Waals surface area contributed by atoms with Crippen molar-refractivity contribution in [3.63, 3.8) is 0 Å². The zero-order valence-electron chi connectivity index (χ0n) is 12.4. The molecule has 2 heterocycles. The minimum atomic E-state index is 0.700. The van der Waals surface area contributed by atoms with Crippen LogP contribution in [0.3, 0.4) is 0 Å². The van der Waals surface area contributed by atoms with Crippen LogP contribution >= 0.6 is 0 Å². The monoisotopic (exact) mass is 271 g/mol. The Morgan fingerprint density at radius 3 is 2.90 bits per heavy atom. The van der Waals surface area contributed by atoms with E-state index >= 15 is 0 Å². The van der Waals surface area contributed by atoms with Gasteiger partial charge in [-0.2, -0.15) is 0 Å². The zero-order chi connectivity index (χ0) is 14.1. The number of aryl methyl sites for hydroxylation is 3. The zero-order valence-corrected chi connectivity index (χ0v) is 12.4. The van der Waals surface area contributed by atoms with Gasteiger partial charge in [0.2, 0.25) is 0 Å². The first kappa shape index (κ1) is 13.3. The van der Waals surface area contributed by atoms with Crippen molar-refractivity contribution in [2.24, 2.45) is 5.92 Å². The molecule has 1 N–H and O–H groups in total. The molecule has 0 bridgehead atoms. The Morgan fingerprint density at radius 2 is 2.20 bits per heavy atom. The predicted octanol–water partition coefficient (Wildman–Crippen LogP) is 2.68. The van der Waals surface area contributed by atoms with Crippen molar-refractivity contribution in [3.05, 3.63) is 34.8 Å². The summed E-state index contributed by atoms with van der Waals surface area (Å²) in [6, 6.07) is 1.95. The van der Waals surface area contributed by atoms with Gasteiger partial charge in [-0.25, -0.2) is 9.97 Å². The summed E-state index contributed by atoms with van der Waals surface area (Å²) in [5.41, 5.74) is 4.73. The molecule has 0 radical (unpaired) electrons. The molecule has 0 amide bonds. The third-order valence-corrected chi connectivity index (χ3v) is 4.14. The van der Waals surface area contributed by atoms with Crippen LogP contribution in [-0.2, 0) is 12.8 Å². The second-order valence-corrected chi connectivity index (χ2v) is 5.66. The smallest absolute Gasteiger partial charge is 0.196 e. The van der Waals surface area contributed by atoms with E-state index < -0.39 is 0 Å². The van der Waals surface area contributed by atoms with Crippen LogP contribution in [0, 0.1) is 19.8 Å². The van der Waals surface area contributed by atoms with Crippen molar-refractivity contribution in [1.82, 2.24) is 15.3 Å². The van der Waals surface area contributed by atoms with E-state index in [2.05, 4.69) is 17.2 Å². The normalized spacial score (nSPS) is 18.1. The van der Waals surface area contributed by atoms with E-state index in [0.29, 0.717) is 5.92 Å². The van der Waals surface area contributed by atoms with Gasteiger partial charge in [0.05, 0.1) is 6.26 Å². The lowest BCUT2D eigenvalue weighted by Crippen LogP contribution is -2.26. The summed E-state index contributed by atoms with van der Waals surface area (Å²) in [5, 5.41) is 3.27. The lowest BCUT2D eigenvalue weighted by Gasteiger charge is -2.25. The summed E-state index contributed by atoms with van der Waals surface area (Å²) in [6.07, 6.45) is 5.02. The van der Waals surface area contributed by atoms with Crippen LogP contribution < -0.4 is 5.32 Å². The van der Waals surface area contributed by atoms with Crippen LogP contribution in [0.15, 0.2) is 16.7 Å². The SMILES string of the molecule is CNCC1CCc2nc(-c3occc3C)nc(C)c2C1. The quantitative estimate of drug-likeness (QED) is 0.932. The molecule has 0 saturated heterocycles. The Kier molecular flexibility index (Phi) is 3.57. The third kappa shape index (κ3) is 2.36. The van der Waals surface area contributed by atoms with Gasteiger partial charge in [0.25, 0.3) is 0 Å². The highest BCUT2D eigenvalue weighted by Crippen LogP contribution is 2.29. The summed E-state index contributed by atoms with van der Waals surface area (Å²) in [5.74, 6) is 2.23. The average Bonchev–Trinajstić information content (AvgIpc) is 2.86. The molecule has 1 unspecified atom stereocenters.